The van der Waals surface area contributed by atoms with E-state index >= 15 is 0 Å². The standard InChI is InChI=1S/C6H14NO3P/c1-5(6(2)7)3-4-11(8,9)10/h3,6H,4,7H2,1-2H3,(H2,8,9,10)/b5-3+. The number of rotatable bonds is 3. The fraction of sp³-hybridized carbons (Fsp3) is 0.667. The van der Waals surface area contributed by atoms with Gasteiger partial charge in [0, 0.05) is 6.04 Å². The molecule has 66 valence electrons. The third-order valence-electron chi connectivity index (χ3n) is 1.37. The lowest BCUT2D eigenvalue weighted by Crippen LogP contribution is -2.16. The van der Waals surface area contributed by atoms with Crippen LogP contribution >= 0.6 is 7.60 Å². The molecule has 1 atom stereocenters. The maximum atomic E-state index is 10.4. The zero-order valence-corrected chi connectivity index (χ0v) is 7.58. The summed E-state index contributed by atoms with van der Waals surface area (Å²) in [7, 11) is -3.89. The maximum Gasteiger partial charge on any atom is 0.329 e. The van der Waals surface area contributed by atoms with E-state index in [0.29, 0.717) is 0 Å². The van der Waals surface area contributed by atoms with Gasteiger partial charge in [-0.15, -0.1) is 0 Å². The molecule has 0 aliphatic carbocycles. The summed E-state index contributed by atoms with van der Waals surface area (Å²) in [4.78, 5) is 16.9. The zero-order chi connectivity index (χ0) is 9.07. The molecule has 0 amide bonds. The van der Waals surface area contributed by atoms with Crippen molar-refractivity contribution in [1.82, 2.24) is 0 Å². The van der Waals surface area contributed by atoms with E-state index in [1.807, 2.05) is 0 Å². The van der Waals surface area contributed by atoms with Gasteiger partial charge in [0.15, 0.2) is 0 Å². The minimum atomic E-state index is -3.89. The second-order valence-corrected chi connectivity index (χ2v) is 4.28. The van der Waals surface area contributed by atoms with Crippen molar-refractivity contribution in [3.63, 3.8) is 0 Å². The van der Waals surface area contributed by atoms with E-state index in [1.165, 1.54) is 6.08 Å². The van der Waals surface area contributed by atoms with Crippen LogP contribution in [0, 0.1) is 0 Å². The largest absolute Gasteiger partial charge is 0.329 e. The van der Waals surface area contributed by atoms with Gasteiger partial charge in [0.05, 0.1) is 6.16 Å². The van der Waals surface area contributed by atoms with Gasteiger partial charge in [-0.1, -0.05) is 11.6 Å². The summed E-state index contributed by atoms with van der Waals surface area (Å²) in [6, 6.07) is -0.137. The fourth-order valence-electron chi connectivity index (χ4n) is 0.449. The van der Waals surface area contributed by atoms with Crippen molar-refractivity contribution in [3.8, 4) is 0 Å². The zero-order valence-electron chi connectivity index (χ0n) is 6.69. The van der Waals surface area contributed by atoms with Gasteiger partial charge >= 0.3 is 7.60 Å². The first-order valence-electron chi connectivity index (χ1n) is 3.30. The van der Waals surface area contributed by atoms with Gasteiger partial charge in [-0.05, 0) is 13.8 Å². The quantitative estimate of drug-likeness (QED) is 0.434. The molecule has 0 saturated heterocycles. The lowest BCUT2D eigenvalue weighted by atomic mass is 10.2. The fourth-order valence-corrected chi connectivity index (χ4v) is 0.975. The van der Waals surface area contributed by atoms with Crippen LogP contribution in [0.3, 0.4) is 0 Å². The van der Waals surface area contributed by atoms with E-state index in [0.717, 1.165) is 5.57 Å². The maximum absolute atomic E-state index is 10.4. The van der Waals surface area contributed by atoms with Crippen molar-refractivity contribution in [2.24, 2.45) is 5.73 Å². The molecule has 4 N–H and O–H groups in total. The highest BCUT2D eigenvalue weighted by molar-refractivity contribution is 7.51. The molecule has 1 unspecified atom stereocenters. The van der Waals surface area contributed by atoms with Crippen LogP contribution in [0.4, 0.5) is 0 Å². The van der Waals surface area contributed by atoms with Crippen molar-refractivity contribution >= 4 is 7.60 Å². The average molecular weight is 179 g/mol. The van der Waals surface area contributed by atoms with Crippen molar-refractivity contribution in [1.29, 1.82) is 0 Å². The molecule has 0 radical (unpaired) electrons. The summed E-state index contributed by atoms with van der Waals surface area (Å²) < 4.78 is 10.4. The molecule has 0 aromatic rings. The van der Waals surface area contributed by atoms with Gasteiger partial charge in [0.25, 0.3) is 0 Å². The normalized spacial score (nSPS) is 16.6. The average Bonchev–Trinajstić information content (AvgIpc) is 1.80. The minimum Gasteiger partial charge on any atom is -0.324 e. The molecule has 0 rings (SSSR count). The minimum absolute atomic E-state index is 0.137. The summed E-state index contributed by atoms with van der Waals surface area (Å²) in [6.07, 6.45) is 1.26. The molecule has 11 heavy (non-hydrogen) atoms. The van der Waals surface area contributed by atoms with Gasteiger partial charge in [-0.2, -0.15) is 0 Å². The van der Waals surface area contributed by atoms with Crippen molar-refractivity contribution in [3.05, 3.63) is 11.6 Å². The molecule has 4 nitrogen and oxygen atoms in total. The summed E-state index contributed by atoms with van der Waals surface area (Å²) >= 11 is 0. The molecular weight excluding hydrogens is 165 g/mol. The highest BCUT2D eigenvalue weighted by Gasteiger charge is 2.10. The molecule has 0 saturated carbocycles. The van der Waals surface area contributed by atoms with Gasteiger partial charge in [0.1, 0.15) is 0 Å². The predicted octanol–water partition coefficient (Wildman–Crippen LogP) is 0.458. The lowest BCUT2D eigenvalue weighted by molar-refractivity contribution is 0.377. The Balaban J connectivity index is 4.04. The molecule has 0 fully saturated rings. The third-order valence-corrected chi connectivity index (χ3v) is 2.03. The molecule has 0 bridgehead atoms. The van der Waals surface area contributed by atoms with Crippen LogP contribution in [-0.2, 0) is 4.57 Å². The van der Waals surface area contributed by atoms with E-state index < -0.39 is 7.60 Å². The molecule has 0 aromatic carbocycles. The highest BCUT2D eigenvalue weighted by atomic mass is 31.2. The molecule has 0 heterocycles. The van der Waals surface area contributed by atoms with E-state index in [9.17, 15) is 4.57 Å². The summed E-state index contributed by atoms with van der Waals surface area (Å²) in [5.74, 6) is 0. The number of hydrogen-bond donors (Lipinski definition) is 3. The third kappa shape index (κ3) is 6.26. The Morgan fingerprint density at radius 1 is 1.73 bits per heavy atom. The van der Waals surface area contributed by atoms with E-state index in [-0.39, 0.29) is 12.2 Å². The molecule has 0 aromatic heterocycles. The topological polar surface area (TPSA) is 83.5 Å². The monoisotopic (exact) mass is 179 g/mol. The predicted molar refractivity (Wildman–Crippen MR) is 44.3 cm³/mol. The number of hydrogen-bond acceptors (Lipinski definition) is 2. The van der Waals surface area contributed by atoms with Crippen molar-refractivity contribution in [2.45, 2.75) is 19.9 Å². The first kappa shape index (κ1) is 10.8. The van der Waals surface area contributed by atoms with E-state index in [2.05, 4.69) is 0 Å². The van der Waals surface area contributed by atoms with Crippen LogP contribution in [0.1, 0.15) is 13.8 Å². The molecule has 0 spiro atoms. The first-order valence-corrected chi connectivity index (χ1v) is 5.09. The molecule has 0 aliphatic heterocycles. The molecular formula is C6H14NO3P. The lowest BCUT2D eigenvalue weighted by Gasteiger charge is -2.05. The number of allylic oxidation sites excluding steroid dienone is 1. The smallest absolute Gasteiger partial charge is 0.324 e. The summed E-state index contributed by atoms with van der Waals surface area (Å²) in [5, 5.41) is 0. The SMILES string of the molecule is C/C(=C\CP(=O)(O)O)C(C)N. The van der Waals surface area contributed by atoms with Crippen LogP contribution in [-0.4, -0.2) is 22.0 Å². The Hall–Kier alpha value is -0.150. The van der Waals surface area contributed by atoms with Crippen LogP contribution in [0.2, 0.25) is 0 Å². The summed E-state index contributed by atoms with van der Waals surface area (Å²) in [5.41, 5.74) is 6.24. The van der Waals surface area contributed by atoms with Gasteiger partial charge < -0.3 is 15.5 Å². The Kier molecular flexibility index (Phi) is 3.97. The van der Waals surface area contributed by atoms with Crippen molar-refractivity contribution < 1.29 is 14.4 Å². The molecule has 5 heteroatoms. The first-order chi connectivity index (χ1) is 4.83. The summed E-state index contributed by atoms with van der Waals surface area (Å²) in [6.45, 7) is 3.52. The second-order valence-electron chi connectivity index (χ2n) is 2.58. The Morgan fingerprint density at radius 3 is 2.45 bits per heavy atom. The van der Waals surface area contributed by atoms with Crippen LogP contribution in [0.15, 0.2) is 11.6 Å². The molecule has 0 aliphatic rings. The Labute approximate surface area is 66.3 Å². The Bertz CT molecular complexity index is 194. The second kappa shape index (κ2) is 4.02. The van der Waals surface area contributed by atoms with Gasteiger partial charge in [0.2, 0.25) is 0 Å². The highest BCUT2D eigenvalue weighted by Crippen LogP contribution is 2.34. The van der Waals surface area contributed by atoms with Crippen LogP contribution in [0.5, 0.6) is 0 Å². The van der Waals surface area contributed by atoms with Gasteiger partial charge in [-0.25, -0.2) is 0 Å². The van der Waals surface area contributed by atoms with Gasteiger partial charge in [-0.3, -0.25) is 4.57 Å². The van der Waals surface area contributed by atoms with Crippen LogP contribution in [0.25, 0.3) is 0 Å². The van der Waals surface area contributed by atoms with Crippen molar-refractivity contribution in [2.75, 3.05) is 6.16 Å². The van der Waals surface area contributed by atoms with E-state index in [1.54, 1.807) is 13.8 Å². The number of nitrogens with two attached hydrogens (primary N) is 1. The van der Waals surface area contributed by atoms with E-state index in [4.69, 9.17) is 15.5 Å². The van der Waals surface area contributed by atoms with Crippen LogP contribution < -0.4 is 5.73 Å². The Morgan fingerprint density at radius 2 is 2.18 bits per heavy atom.